The monoisotopic (exact) mass is 732 g/mol. The van der Waals surface area contributed by atoms with Gasteiger partial charge in [0.15, 0.2) is 0 Å². The normalized spacial score (nSPS) is 13.9. The van der Waals surface area contributed by atoms with Gasteiger partial charge in [0.2, 0.25) is 5.91 Å². The lowest BCUT2D eigenvalue weighted by molar-refractivity contribution is -0.124. The Kier molecular flexibility index (Phi) is 41.1. The fraction of sp³-hybridized carbons (Fsp3) is 0.851. The minimum atomic E-state index is -0.957. The number of unbranched alkanes of at least 4 members (excludes halogenated alkanes) is 28. The minimum absolute atomic E-state index is 0.00442. The molecular formula is C47H89NO4. The predicted molar refractivity (Wildman–Crippen MR) is 227 cm³/mol. The molecule has 0 radical (unpaired) electrons. The molecule has 3 unspecified atom stereocenters. The molecule has 0 saturated heterocycles. The van der Waals surface area contributed by atoms with Gasteiger partial charge in [0.1, 0.15) is 0 Å². The lowest BCUT2D eigenvalue weighted by Crippen LogP contribution is -2.45. The number of rotatable bonds is 41. The van der Waals surface area contributed by atoms with Crippen LogP contribution in [0.5, 0.6) is 0 Å². The van der Waals surface area contributed by atoms with Crippen LogP contribution in [-0.2, 0) is 4.79 Å². The summed E-state index contributed by atoms with van der Waals surface area (Å²) in [7, 11) is 0. The Hall–Kier alpha value is -1.43. The third kappa shape index (κ3) is 38.3. The Morgan fingerprint density at radius 2 is 0.827 bits per heavy atom. The fourth-order valence-corrected chi connectivity index (χ4v) is 6.90. The lowest BCUT2D eigenvalue weighted by Gasteiger charge is -2.21. The van der Waals surface area contributed by atoms with E-state index in [2.05, 4.69) is 43.5 Å². The average molecular weight is 732 g/mol. The summed E-state index contributed by atoms with van der Waals surface area (Å²) in [5, 5.41) is 33.2. The topological polar surface area (TPSA) is 89.8 Å². The van der Waals surface area contributed by atoms with E-state index >= 15 is 0 Å². The molecule has 306 valence electrons. The molecule has 0 spiro atoms. The van der Waals surface area contributed by atoms with Crippen molar-refractivity contribution in [2.75, 3.05) is 6.61 Å². The molecule has 1 amide bonds. The number of amides is 1. The van der Waals surface area contributed by atoms with Gasteiger partial charge in [-0.2, -0.15) is 0 Å². The van der Waals surface area contributed by atoms with Crippen molar-refractivity contribution in [3.63, 3.8) is 0 Å². The summed E-state index contributed by atoms with van der Waals surface area (Å²) in [5.41, 5.74) is 0. The fourth-order valence-electron chi connectivity index (χ4n) is 6.90. The van der Waals surface area contributed by atoms with Gasteiger partial charge in [0.25, 0.3) is 0 Å². The van der Waals surface area contributed by atoms with Crippen LogP contribution in [0.3, 0.4) is 0 Å². The second kappa shape index (κ2) is 42.3. The van der Waals surface area contributed by atoms with E-state index in [-0.39, 0.29) is 18.9 Å². The van der Waals surface area contributed by atoms with Crippen LogP contribution in [0.2, 0.25) is 0 Å². The molecule has 5 nitrogen and oxygen atoms in total. The van der Waals surface area contributed by atoms with Crippen molar-refractivity contribution in [2.45, 2.75) is 250 Å². The molecule has 0 saturated carbocycles. The minimum Gasteiger partial charge on any atom is -0.394 e. The molecule has 0 aliphatic rings. The predicted octanol–water partition coefficient (Wildman–Crippen LogP) is 13.2. The summed E-state index contributed by atoms with van der Waals surface area (Å²) in [6.07, 6.45) is 53.0. The summed E-state index contributed by atoms with van der Waals surface area (Å²) in [6.45, 7) is 4.20. The first kappa shape index (κ1) is 50.6. The molecule has 52 heavy (non-hydrogen) atoms. The first-order valence-electron chi connectivity index (χ1n) is 22.8. The zero-order chi connectivity index (χ0) is 38.0. The van der Waals surface area contributed by atoms with Crippen LogP contribution < -0.4 is 5.32 Å². The average Bonchev–Trinajstić information content (AvgIpc) is 3.14. The number of hydrogen-bond acceptors (Lipinski definition) is 4. The molecule has 0 fully saturated rings. The van der Waals surface area contributed by atoms with E-state index in [0.29, 0.717) is 6.42 Å². The molecule has 0 aromatic carbocycles. The molecule has 0 aliphatic carbocycles. The molecule has 3 atom stereocenters. The van der Waals surface area contributed by atoms with Crippen LogP contribution >= 0.6 is 0 Å². The SMILES string of the molecule is CCCCCCCCCCCCCCCCC/C=C/CC/C=C/CC/C=C/C(O)C(CO)NC(=O)CC(O)CCCCCCCCCCCCCC. The Morgan fingerprint density at radius 3 is 1.23 bits per heavy atom. The van der Waals surface area contributed by atoms with E-state index in [1.165, 1.54) is 167 Å². The van der Waals surface area contributed by atoms with Gasteiger partial charge in [-0.1, -0.05) is 217 Å². The van der Waals surface area contributed by atoms with Crippen LogP contribution in [0.4, 0.5) is 0 Å². The van der Waals surface area contributed by atoms with Crippen LogP contribution in [0.15, 0.2) is 36.5 Å². The summed E-state index contributed by atoms with van der Waals surface area (Å²) >= 11 is 0. The first-order chi connectivity index (χ1) is 25.5. The summed E-state index contributed by atoms with van der Waals surface area (Å²) in [6, 6.07) is -0.765. The molecule has 0 aromatic heterocycles. The van der Waals surface area contributed by atoms with Crippen LogP contribution in [0.25, 0.3) is 0 Å². The summed E-state index contributed by atoms with van der Waals surface area (Å²) in [5.74, 6) is -0.329. The quantitative estimate of drug-likeness (QED) is 0.0372. The maximum absolute atomic E-state index is 12.4. The van der Waals surface area contributed by atoms with Gasteiger partial charge in [-0.15, -0.1) is 0 Å². The second-order valence-electron chi connectivity index (χ2n) is 15.6. The number of aliphatic hydroxyl groups excluding tert-OH is 3. The van der Waals surface area contributed by atoms with Crippen LogP contribution in [0, 0.1) is 0 Å². The van der Waals surface area contributed by atoms with Crippen molar-refractivity contribution in [1.82, 2.24) is 5.32 Å². The molecule has 0 aliphatic heterocycles. The molecular weight excluding hydrogens is 643 g/mol. The van der Waals surface area contributed by atoms with E-state index in [0.717, 1.165) is 38.5 Å². The van der Waals surface area contributed by atoms with Crippen molar-refractivity contribution >= 4 is 5.91 Å². The molecule has 0 bridgehead atoms. The zero-order valence-corrected chi connectivity index (χ0v) is 34.7. The van der Waals surface area contributed by atoms with E-state index in [9.17, 15) is 20.1 Å². The first-order valence-corrected chi connectivity index (χ1v) is 22.8. The third-order valence-electron chi connectivity index (χ3n) is 10.4. The Morgan fingerprint density at radius 1 is 0.481 bits per heavy atom. The molecule has 0 heterocycles. The van der Waals surface area contributed by atoms with E-state index < -0.39 is 18.2 Å². The van der Waals surface area contributed by atoms with Crippen molar-refractivity contribution < 1.29 is 20.1 Å². The highest BCUT2D eigenvalue weighted by Gasteiger charge is 2.20. The number of aliphatic hydroxyl groups is 3. The number of hydrogen-bond donors (Lipinski definition) is 4. The zero-order valence-electron chi connectivity index (χ0n) is 34.7. The second-order valence-corrected chi connectivity index (χ2v) is 15.6. The number of carbonyl (C=O) groups excluding carboxylic acids is 1. The smallest absolute Gasteiger partial charge is 0.222 e. The largest absolute Gasteiger partial charge is 0.394 e. The Labute approximate surface area is 324 Å². The van der Waals surface area contributed by atoms with Gasteiger partial charge in [0, 0.05) is 0 Å². The lowest BCUT2D eigenvalue weighted by atomic mass is 10.0. The van der Waals surface area contributed by atoms with Crippen LogP contribution in [-0.4, -0.2) is 46.1 Å². The van der Waals surface area contributed by atoms with Gasteiger partial charge in [0.05, 0.1) is 31.3 Å². The van der Waals surface area contributed by atoms with E-state index in [4.69, 9.17) is 0 Å². The van der Waals surface area contributed by atoms with Crippen LogP contribution in [0.1, 0.15) is 232 Å². The maximum Gasteiger partial charge on any atom is 0.222 e. The standard InChI is InChI=1S/C47H89NO4/c1-3-5-7-9-11-13-15-17-18-19-20-21-22-23-24-25-26-27-28-29-31-33-35-37-39-41-46(51)45(43-49)48-47(52)42-44(50)40-38-36-34-32-30-16-14-12-10-8-6-4-2/h26-27,31,33,39,41,44-46,49-51H,3-25,28-30,32,34-38,40,42-43H2,1-2H3,(H,48,52)/b27-26+,33-31+,41-39+. The Balaban J connectivity index is 3.70. The maximum atomic E-state index is 12.4. The van der Waals surface area contributed by atoms with Gasteiger partial charge in [-0.25, -0.2) is 0 Å². The summed E-state index contributed by atoms with van der Waals surface area (Å²) in [4.78, 5) is 12.4. The number of nitrogens with one attached hydrogen (secondary N) is 1. The van der Waals surface area contributed by atoms with Gasteiger partial charge >= 0.3 is 0 Å². The highest BCUT2D eigenvalue weighted by molar-refractivity contribution is 5.76. The van der Waals surface area contributed by atoms with Gasteiger partial charge in [-0.3, -0.25) is 4.79 Å². The highest BCUT2D eigenvalue weighted by atomic mass is 16.3. The molecule has 4 N–H and O–H groups in total. The van der Waals surface area contributed by atoms with E-state index in [1.54, 1.807) is 6.08 Å². The van der Waals surface area contributed by atoms with Crippen molar-refractivity contribution in [1.29, 1.82) is 0 Å². The van der Waals surface area contributed by atoms with E-state index in [1.807, 2.05) is 6.08 Å². The van der Waals surface area contributed by atoms with Crippen molar-refractivity contribution in [3.8, 4) is 0 Å². The van der Waals surface area contributed by atoms with Gasteiger partial charge in [-0.05, 0) is 44.9 Å². The molecule has 0 aromatic rings. The molecule has 5 heteroatoms. The third-order valence-corrected chi connectivity index (χ3v) is 10.4. The molecule has 0 rings (SSSR count). The summed E-state index contributed by atoms with van der Waals surface area (Å²) < 4.78 is 0. The number of allylic oxidation sites excluding steroid dienone is 5. The number of carbonyl (C=O) groups is 1. The highest BCUT2D eigenvalue weighted by Crippen LogP contribution is 2.15. The van der Waals surface area contributed by atoms with Crippen molar-refractivity contribution in [2.24, 2.45) is 0 Å². The van der Waals surface area contributed by atoms with Gasteiger partial charge < -0.3 is 20.6 Å². The van der Waals surface area contributed by atoms with Crippen molar-refractivity contribution in [3.05, 3.63) is 36.5 Å². The Bertz CT molecular complexity index is 809.